The number of benzene rings is 1. The first kappa shape index (κ1) is 13.6. The molecule has 4 nitrogen and oxygen atoms in total. The number of halogens is 2. The fraction of sp³-hybridized carbons (Fsp3) is 0.0714. The summed E-state index contributed by atoms with van der Waals surface area (Å²) < 4.78 is 28.9. The molecule has 0 fully saturated rings. The van der Waals surface area contributed by atoms with E-state index in [4.69, 9.17) is 12.2 Å². The van der Waals surface area contributed by atoms with Crippen molar-refractivity contribution in [2.75, 3.05) is 0 Å². The van der Waals surface area contributed by atoms with Crippen LogP contribution in [-0.4, -0.2) is 19.7 Å². The van der Waals surface area contributed by atoms with Crippen molar-refractivity contribution in [3.63, 3.8) is 0 Å². The van der Waals surface area contributed by atoms with E-state index in [0.717, 1.165) is 18.2 Å². The van der Waals surface area contributed by atoms with Gasteiger partial charge in [-0.2, -0.15) is 5.10 Å². The van der Waals surface area contributed by atoms with Gasteiger partial charge in [-0.05, 0) is 42.5 Å². The monoisotopic (exact) mass is 304 g/mol. The number of hydrogen-bond donors (Lipinski definition) is 1. The summed E-state index contributed by atoms with van der Waals surface area (Å²) in [6, 6.07) is 8.67. The Morgan fingerprint density at radius 1 is 1.19 bits per heavy atom. The molecule has 3 rings (SSSR count). The van der Waals surface area contributed by atoms with Crippen LogP contribution in [0.25, 0.3) is 11.5 Å². The largest absolute Gasteiger partial charge is 0.294 e. The molecule has 0 amide bonds. The zero-order chi connectivity index (χ0) is 14.8. The Morgan fingerprint density at radius 2 is 2.05 bits per heavy atom. The lowest BCUT2D eigenvalue weighted by Gasteiger charge is -2.07. The molecular formula is C14H10F2N4S. The van der Waals surface area contributed by atoms with E-state index in [2.05, 4.69) is 15.2 Å². The Hall–Kier alpha value is -2.41. The first-order valence-electron chi connectivity index (χ1n) is 6.15. The molecule has 1 N–H and O–H groups in total. The van der Waals surface area contributed by atoms with Crippen molar-refractivity contribution in [2.45, 2.75) is 6.54 Å². The van der Waals surface area contributed by atoms with Crippen molar-refractivity contribution in [1.29, 1.82) is 0 Å². The summed E-state index contributed by atoms with van der Waals surface area (Å²) in [6.45, 7) is 0.0742. The highest BCUT2D eigenvalue weighted by Gasteiger charge is 2.12. The molecule has 7 heteroatoms. The minimum atomic E-state index is -0.499. The summed E-state index contributed by atoms with van der Waals surface area (Å²) in [5, 5.41) is 6.75. The first-order chi connectivity index (χ1) is 10.1. The number of hydrogen-bond acceptors (Lipinski definition) is 3. The number of aromatic amines is 1. The van der Waals surface area contributed by atoms with Gasteiger partial charge in [-0.25, -0.2) is 8.78 Å². The average molecular weight is 304 g/mol. The summed E-state index contributed by atoms with van der Waals surface area (Å²) in [7, 11) is 0. The third-order valence-corrected chi connectivity index (χ3v) is 3.30. The van der Waals surface area contributed by atoms with Gasteiger partial charge in [-0.1, -0.05) is 6.07 Å². The maximum atomic E-state index is 13.8. The summed E-state index contributed by atoms with van der Waals surface area (Å²) in [5.74, 6) is -0.517. The van der Waals surface area contributed by atoms with Crippen molar-refractivity contribution in [3.05, 3.63) is 64.6 Å². The highest BCUT2D eigenvalue weighted by atomic mass is 32.1. The van der Waals surface area contributed by atoms with Crippen molar-refractivity contribution in [2.24, 2.45) is 0 Å². The van der Waals surface area contributed by atoms with Gasteiger partial charge in [-0.3, -0.25) is 14.6 Å². The van der Waals surface area contributed by atoms with Crippen LogP contribution in [0.15, 0.2) is 42.6 Å². The van der Waals surface area contributed by atoms with Gasteiger partial charge in [0.05, 0.1) is 6.54 Å². The van der Waals surface area contributed by atoms with Crippen LogP contribution < -0.4 is 0 Å². The van der Waals surface area contributed by atoms with Gasteiger partial charge in [0.15, 0.2) is 10.6 Å². The molecule has 2 heterocycles. The van der Waals surface area contributed by atoms with Crippen LogP contribution in [0.4, 0.5) is 8.78 Å². The number of nitrogens with one attached hydrogen (secondary N) is 1. The lowest BCUT2D eigenvalue weighted by molar-refractivity contribution is 0.576. The molecule has 21 heavy (non-hydrogen) atoms. The maximum absolute atomic E-state index is 13.8. The van der Waals surface area contributed by atoms with E-state index in [1.54, 1.807) is 22.9 Å². The minimum absolute atomic E-state index is 0.0742. The van der Waals surface area contributed by atoms with Crippen LogP contribution in [0.5, 0.6) is 0 Å². The molecule has 0 unspecified atom stereocenters. The van der Waals surface area contributed by atoms with Crippen LogP contribution in [0, 0.1) is 16.4 Å². The molecule has 0 saturated carbocycles. The smallest absolute Gasteiger partial charge is 0.195 e. The van der Waals surface area contributed by atoms with Crippen LogP contribution in [0.2, 0.25) is 0 Å². The van der Waals surface area contributed by atoms with E-state index in [-0.39, 0.29) is 12.1 Å². The van der Waals surface area contributed by atoms with Crippen molar-refractivity contribution in [3.8, 4) is 11.5 Å². The van der Waals surface area contributed by atoms with Crippen LogP contribution in [-0.2, 0) is 6.54 Å². The Kier molecular flexibility index (Phi) is 3.57. The van der Waals surface area contributed by atoms with E-state index >= 15 is 0 Å². The van der Waals surface area contributed by atoms with Crippen molar-refractivity contribution in [1.82, 2.24) is 19.7 Å². The highest BCUT2D eigenvalue weighted by molar-refractivity contribution is 7.71. The Balaban J connectivity index is 2.06. The van der Waals surface area contributed by atoms with E-state index in [1.165, 1.54) is 0 Å². The summed E-state index contributed by atoms with van der Waals surface area (Å²) in [5.41, 5.74) is 0.798. The van der Waals surface area contributed by atoms with Gasteiger partial charge in [0.2, 0.25) is 0 Å². The van der Waals surface area contributed by atoms with E-state index in [9.17, 15) is 8.78 Å². The number of rotatable bonds is 3. The average Bonchev–Trinajstić information content (AvgIpc) is 2.85. The van der Waals surface area contributed by atoms with Gasteiger partial charge in [-0.15, -0.1) is 0 Å². The maximum Gasteiger partial charge on any atom is 0.195 e. The number of pyridine rings is 1. The van der Waals surface area contributed by atoms with Gasteiger partial charge in [0, 0.05) is 11.8 Å². The fourth-order valence-electron chi connectivity index (χ4n) is 1.99. The quantitative estimate of drug-likeness (QED) is 0.755. The molecule has 3 aromatic rings. The Morgan fingerprint density at radius 3 is 2.81 bits per heavy atom. The third-order valence-electron chi connectivity index (χ3n) is 2.99. The van der Waals surface area contributed by atoms with Crippen LogP contribution >= 0.6 is 12.2 Å². The molecule has 1 aromatic carbocycles. The van der Waals surface area contributed by atoms with E-state index in [1.807, 2.05) is 6.07 Å². The second-order valence-corrected chi connectivity index (χ2v) is 4.78. The normalized spacial score (nSPS) is 10.8. The molecule has 0 spiro atoms. The predicted octanol–water partition coefficient (Wildman–Crippen LogP) is 3.33. The lowest BCUT2D eigenvalue weighted by atomic mass is 10.2. The molecule has 106 valence electrons. The third kappa shape index (κ3) is 2.73. The molecule has 0 aliphatic heterocycles. The molecule has 0 atom stereocenters. The van der Waals surface area contributed by atoms with E-state index in [0.29, 0.717) is 16.3 Å². The predicted molar refractivity (Wildman–Crippen MR) is 76.1 cm³/mol. The van der Waals surface area contributed by atoms with Gasteiger partial charge < -0.3 is 0 Å². The first-order valence-corrected chi connectivity index (χ1v) is 6.56. The zero-order valence-corrected chi connectivity index (χ0v) is 11.6. The standard InChI is InChI=1S/C14H10F2N4S/c15-10-4-5-11(16)9(7-10)8-20-13(18-19-14(20)21)12-3-1-2-6-17-12/h1-7H,8H2,(H,19,21). The van der Waals surface area contributed by atoms with Gasteiger partial charge in [0.1, 0.15) is 17.3 Å². The van der Waals surface area contributed by atoms with Crippen molar-refractivity contribution >= 4 is 12.2 Å². The topological polar surface area (TPSA) is 46.5 Å². The molecule has 0 aliphatic rings. The van der Waals surface area contributed by atoms with Crippen LogP contribution in [0.1, 0.15) is 5.56 Å². The summed E-state index contributed by atoms with van der Waals surface area (Å²) >= 11 is 5.15. The van der Waals surface area contributed by atoms with Crippen molar-refractivity contribution < 1.29 is 8.78 Å². The SMILES string of the molecule is Fc1ccc(F)c(Cn2c(-c3ccccn3)n[nH]c2=S)c1. The number of H-pyrrole nitrogens is 1. The minimum Gasteiger partial charge on any atom is -0.294 e. The molecule has 0 radical (unpaired) electrons. The molecule has 0 bridgehead atoms. The summed E-state index contributed by atoms with van der Waals surface area (Å²) in [4.78, 5) is 4.19. The van der Waals surface area contributed by atoms with E-state index < -0.39 is 11.6 Å². The number of nitrogens with zero attached hydrogens (tertiary/aromatic N) is 3. The Bertz CT molecular complexity index is 826. The second kappa shape index (κ2) is 5.53. The molecular weight excluding hydrogens is 294 g/mol. The lowest BCUT2D eigenvalue weighted by Crippen LogP contribution is -2.05. The molecule has 0 saturated heterocycles. The molecule has 0 aliphatic carbocycles. The molecule has 2 aromatic heterocycles. The second-order valence-electron chi connectivity index (χ2n) is 4.39. The fourth-order valence-corrected chi connectivity index (χ4v) is 2.19. The van der Waals surface area contributed by atoms with Crippen LogP contribution in [0.3, 0.4) is 0 Å². The number of aromatic nitrogens is 4. The highest BCUT2D eigenvalue weighted by Crippen LogP contribution is 2.18. The van der Waals surface area contributed by atoms with Gasteiger partial charge >= 0.3 is 0 Å². The zero-order valence-electron chi connectivity index (χ0n) is 10.8. The Labute approximate surface area is 124 Å². The summed E-state index contributed by atoms with van der Waals surface area (Å²) in [6.07, 6.45) is 1.63. The van der Waals surface area contributed by atoms with Gasteiger partial charge in [0.25, 0.3) is 0 Å².